The van der Waals surface area contributed by atoms with Gasteiger partial charge in [0.15, 0.2) is 23.2 Å². The van der Waals surface area contributed by atoms with E-state index in [1.54, 1.807) is 12.1 Å². The number of methoxy groups -OCH3 is 1. The fourth-order valence-corrected chi connectivity index (χ4v) is 3.72. The predicted molar refractivity (Wildman–Crippen MR) is 126 cm³/mol. The molecule has 0 aliphatic carbocycles. The van der Waals surface area contributed by atoms with Gasteiger partial charge in [-0.25, -0.2) is 4.79 Å². The number of halogens is 1. The monoisotopic (exact) mass is 518 g/mol. The maximum atomic E-state index is 13.2. The summed E-state index contributed by atoms with van der Waals surface area (Å²) in [5.74, 6) is -1.89. The molecule has 0 spiro atoms. The van der Waals surface area contributed by atoms with Crippen LogP contribution < -0.4 is 19.7 Å². The number of aryl methyl sites for hydroxylation is 1. The molecule has 2 aromatic carbocycles. The Bertz CT molecular complexity index is 1130. The second kappa shape index (κ2) is 9.92. The minimum absolute atomic E-state index is 0.00420. The molecule has 0 saturated carbocycles. The van der Waals surface area contributed by atoms with E-state index in [1.807, 2.05) is 19.1 Å². The first kappa shape index (κ1) is 23.4. The van der Waals surface area contributed by atoms with Gasteiger partial charge in [-0.1, -0.05) is 35.0 Å². The summed E-state index contributed by atoms with van der Waals surface area (Å²) in [6, 6.07) is 10.4. The van der Waals surface area contributed by atoms with Gasteiger partial charge in [0.25, 0.3) is 11.8 Å². The maximum absolute atomic E-state index is 13.2. The summed E-state index contributed by atoms with van der Waals surface area (Å²) in [5.41, 5.74) is 1.97. The third-order valence-electron chi connectivity index (χ3n) is 4.64. The summed E-state index contributed by atoms with van der Waals surface area (Å²) in [6.45, 7) is 1.48. The van der Waals surface area contributed by atoms with Gasteiger partial charge in [-0.05, 0) is 60.1 Å². The molecular weight excluding hydrogens is 500 g/mol. The van der Waals surface area contributed by atoms with Crippen LogP contribution in [0.3, 0.4) is 0 Å². The highest BCUT2D eigenvalue weighted by molar-refractivity contribution is 9.10. The molecule has 0 bridgehead atoms. The quantitative estimate of drug-likeness (QED) is 0.329. The number of carboxylic acids is 1. The lowest BCUT2D eigenvalue weighted by atomic mass is 10.1. The number of ether oxygens (including phenoxy) is 2. The number of amides is 2. The van der Waals surface area contributed by atoms with Crippen molar-refractivity contribution in [3.05, 3.63) is 57.6 Å². The van der Waals surface area contributed by atoms with Crippen LogP contribution >= 0.6 is 28.1 Å². The molecular formula is C22H19BrN2O6S. The van der Waals surface area contributed by atoms with Gasteiger partial charge < -0.3 is 14.6 Å². The number of carboxylic acid groups (broad SMARTS) is 1. The predicted octanol–water partition coefficient (Wildman–Crippen LogP) is 3.31. The summed E-state index contributed by atoms with van der Waals surface area (Å²) in [7, 11) is 1.40. The summed E-state index contributed by atoms with van der Waals surface area (Å²) < 4.78 is 11.0. The standard InChI is InChI=1S/C22H19BrN2O6S/c1-3-12-4-6-14(7-5-12)25-21(29)15(20(28)24-22(25)32)8-13-9-17(30-2)18(10-16(13)23)31-11-19(26)27/h4-10H,3,11H2,1-2H3,(H,26,27)(H,24,28,32)/b15-8+. The van der Waals surface area contributed by atoms with Crippen molar-refractivity contribution in [2.45, 2.75) is 13.3 Å². The molecule has 1 heterocycles. The van der Waals surface area contributed by atoms with Crippen LogP contribution in [0.1, 0.15) is 18.1 Å². The van der Waals surface area contributed by atoms with Crippen molar-refractivity contribution in [1.29, 1.82) is 0 Å². The van der Waals surface area contributed by atoms with Gasteiger partial charge >= 0.3 is 5.97 Å². The lowest BCUT2D eigenvalue weighted by Gasteiger charge is -2.29. The topological polar surface area (TPSA) is 105 Å². The molecule has 2 aromatic rings. The molecule has 1 aliphatic rings. The number of thiocarbonyl (C=S) groups is 1. The van der Waals surface area contributed by atoms with E-state index in [0.29, 0.717) is 15.7 Å². The van der Waals surface area contributed by atoms with Gasteiger partial charge in [0.05, 0.1) is 12.8 Å². The molecule has 32 heavy (non-hydrogen) atoms. The molecule has 10 heteroatoms. The van der Waals surface area contributed by atoms with Gasteiger partial charge in [0.2, 0.25) is 0 Å². The highest BCUT2D eigenvalue weighted by atomic mass is 79.9. The second-order valence-corrected chi connectivity index (χ2v) is 7.93. The van der Waals surface area contributed by atoms with Crippen LogP contribution in [-0.4, -0.2) is 41.7 Å². The first-order valence-corrected chi connectivity index (χ1v) is 10.7. The van der Waals surface area contributed by atoms with Crippen molar-refractivity contribution in [1.82, 2.24) is 5.32 Å². The molecule has 3 rings (SSSR count). The zero-order chi connectivity index (χ0) is 23.4. The number of hydrogen-bond donors (Lipinski definition) is 2. The highest BCUT2D eigenvalue weighted by Gasteiger charge is 2.34. The van der Waals surface area contributed by atoms with Crippen molar-refractivity contribution in [2.75, 3.05) is 18.6 Å². The number of nitrogens with one attached hydrogen (secondary N) is 1. The molecule has 166 valence electrons. The lowest BCUT2D eigenvalue weighted by Crippen LogP contribution is -2.54. The lowest BCUT2D eigenvalue weighted by molar-refractivity contribution is -0.139. The van der Waals surface area contributed by atoms with Gasteiger partial charge in [0.1, 0.15) is 5.57 Å². The molecule has 1 fully saturated rings. The molecule has 0 unspecified atom stereocenters. The number of rotatable bonds is 7. The van der Waals surface area contributed by atoms with Crippen LogP contribution in [0, 0.1) is 0 Å². The third kappa shape index (κ3) is 4.97. The van der Waals surface area contributed by atoms with Crippen molar-refractivity contribution >= 4 is 62.8 Å². The zero-order valence-electron chi connectivity index (χ0n) is 17.2. The average Bonchev–Trinajstić information content (AvgIpc) is 2.76. The van der Waals surface area contributed by atoms with Crippen LogP contribution in [0.5, 0.6) is 11.5 Å². The van der Waals surface area contributed by atoms with E-state index in [4.69, 9.17) is 26.8 Å². The van der Waals surface area contributed by atoms with Gasteiger partial charge in [-0.3, -0.25) is 19.8 Å². The second-order valence-electron chi connectivity index (χ2n) is 6.68. The summed E-state index contributed by atoms with van der Waals surface area (Å²) in [6.07, 6.45) is 2.25. The van der Waals surface area contributed by atoms with Gasteiger partial charge in [-0.15, -0.1) is 0 Å². The summed E-state index contributed by atoms with van der Waals surface area (Å²) >= 11 is 8.59. The number of carbonyl (C=O) groups excluding carboxylic acids is 2. The van der Waals surface area contributed by atoms with Gasteiger partial charge in [0, 0.05) is 4.47 Å². The molecule has 0 atom stereocenters. The first-order chi connectivity index (χ1) is 15.2. The summed E-state index contributed by atoms with van der Waals surface area (Å²) in [4.78, 5) is 37.8. The van der Waals surface area contributed by atoms with Crippen LogP contribution in [0.25, 0.3) is 6.08 Å². The van der Waals surface area contributed by atoms with Crippen LogP contribution in [0.2, 0.25) is 0 Å². The maximum Gasteiger partial charge on any atom is 0.341 e. The van der Waals surface area contributed by atoms with E-state index >= 15 is 0 Å². The third-order valence-corrected chi connectivity index (χ3v) is 5.61. The SMILES string of the molecule is CCc1ccc(N2C(=O)/C(=C/c3cc(OC)c(OCC(=O)O)cc3Br)C(=O)NC2=S)cc1. The van der Waals surface area contributed by atoms with Crippen molar-refractivity contribution < 1.29 is 29.0 Å². The Kier molecular flexibility index (Phi) is 7.26. The Morgan fingerprint density at radius 2 is 1.91 bits per heavy atom. The smallest absolute Gasteiger partial charge is 0.341 e. The molecule has 1 saturated heterocycles. The Morgan fingerprint density at radius 3 is 2.50 bits per heavy atom. The van der Waals surface area contributed by atoms with E-state index in [1.165, 1.54) is 30.2 Å². The molecule has 8 nitrogen and oxygen atoms in total. The highest BCUT2D eigenvalue weighted by Crippen LogP contribution is 2.35. The Balaban J connectivity index is 1.98. The number of carbonyl (C=O) groups is 3. The normalized spacial score (nSPS) is 15.0. The fraction of sp³-hybridized carbons (Fsp3) is 0.182. The van der Waals surface area contributed by atoms with E-state index < -0.39 is 24.4 Å². The molecule has 0 aromatic heterocycles. The summed E-state index contributed by atoms with van der Waals surface area (Å²) in [5, 5.41) is 11.4. The molecule has 2 amide bonds. The first-order valence-electron chi connectivity index (χ1n) is 9.47. The zero-order valence-corrected chi connectivity index (χ0v) is 19.6. The van der Waals surface area contributed by atoms with Crippen molar-refractivity contribution in [3.8, 4) is 11.5 Å². The number of hydrogen-bond acceptors (Lipinski definition) is 6. The van der Waals surface area contributed by atoms with Gasteiger partial charge in [-0.2, -0.15) is 0 Å². The van der Waals surface area contributed by atoms with Crippen molar-refractivity contribution in [2.24, 2.45) is 0 Å². The molecule has 1 aliphatic heterocycles. The van der Waals surface area contributed by atoms with Crippen LogP contribution in [0.15, 0.2) is 46.4 Å². The molecule has 0 radical (unpaired) electrons. The van der Waals surface area contributed by atoms with E-state index in [-0.39, 0.29) is 22.2 Å². The minimum Gasteiger partial charge on any atom is -0.493 e. The molecule has 2 N–H and O–H groups in total. The Hall–Kier alpha value is -3.24. The van der Waals surface area contributed by atoms with E-state index in [0.717, 1.165) is 12.0 Å². The Labute approximate surface area is 197 Å². The largest absolute Gasteiger partial charge is 0.493 e. The minimum atomic E-state index is -1.14. The Morgan fingerprint density at radius 1 is 1.22 bits per heavy atom. The van der Waals surface area contributed by atoms with E-state index in [2.05, 4.69) is 21.2 Å². The number of nitrogens with zero attached hydrogens (tertiary/aromatic N) is 1. The number of aliphatic carboxylic acids is 1. The van der Waals surface area contributed by atoms with Crippen molar-refractivity contribution in [3.63, 3.8) is 0 Å². The van der Waals surface area contributed by atoms with E-state index in [9.17, 15) is 14.4 Å². The van der Waals surface area contributed by atoms with Crippen LogP contribution in [-0.2, 0) is 20.8 Å². The number of benzene rings is 2. The fourth-order valence-electron chi connectivity index (χ4n) is 3.00. The van der Waals surface area contributed by atoms with Crippen LogP contribution in [0.4, 0.5) is 5.69 Å². The average molecular weight is 519 g/mol. The number of anilines is 1.